The van der Waals surface area contributed by atoms with E-state index in [1.165, 1.54) is 6.21 Å². The second-order valence-electron chi connectivity index (χ2n) is 3.79. The van der Waals surface area contributed by atoms with Crippen molar-refractivity contribution in [1.82, 2.24) is 5.32 Å². The van der Waals surface area contributed by atoms with E-state index in [-0.39, 0.29) is 17.5 Å². The molecule has 1 aliphatic heterocycles. The third kappa shape index (κ3) is 3.68. The molecular formula is C11H11N3O4S. The highest BCUT2D eigenvalue weighted by Gasteiger charge is 2.32. The van der Waals surface area contributed by atoms with E-state index in [0.29, 0.717) is 5.76 Å². The smallest absolute Gasteiger partial charge is 0.305 e. The topological polar surface area (TPSA) is 104 Å². The summed E-state index contributed by atoms with van der Waals surface area (Å²) in [6, 6.07) is 3.54. The number of carbonyl (C=O) groups excluding carboxylic acids is 1. The number of carboxylic acid groups (broad SMARTS) is 1. The molecule has 1 aromatic heterocycles. The van der Waals surface area contributed by atoms with Gasteiger partial charge in [-0.05, 0) is 19.1 Å². The van der Waals surface area contributed by atoms with Gasteiger partial charge in [0, 0.05) is 0 Å². The molecule has 8 heteroatoms. The summed E-state index contributed by atoms with van der Waals surface area (Å²) < 4.78 is 5.25. The summed E-state index contributed by atoms with van der Waals surface area (Å²) in [6.07, 6.45) is 1.17. The van der Waals surface area contributed by atoms with Crippen LogP contribution in [0.5, 0.6) is 0 Å². The van der Waals surface area contributed by atoms with Crippen LogP contribution in [0, 0.1) is 6.92 Å². The normalized spacial score (nSPS) is 21.2. The maximum absolute atomic E-state index is 11.4. The van der Waals surface area contributed by atoms with Crippen LogP contribution in [0.1, 0.15) is 17.9 Å². The van der Waals surface area contributed by atoms with Crippen LogP contribution in [0.2, 0.25) is 0 Å². The summed E-state index contributed by atoms with van der Waals surface area (Å²) in [4.78, 5) is 21.9. The first kappa shape index (κ1) is 13.3. The lowest BCUT2D eigenvalue weighted by atomic mass is 10.3. The number of amides is 1. The van der Waals surface area contributed by atoms with Crippen LogP contribution in [0.25, 0.3) is 0 Å². The van der Waals surface area contributed by atoms with Gasteiger partial charge in [0.05, 0.1) is 12.6 Å². The fourth-order valence-electron chi connectivity index (χ4n) is 1.41. The monoisotopic (exact) mass is 281 g/mol. The van der Waals surface area contributed by atoms with E-state index in [4.69, 9.17) is 9.52 Å². The second-order valence-corrected chi connectivity index (χ2v) is 4.98. The fourth-order valence-corrected chi connectivity index (χ4v) is 2.32. The molecule has 0 radical (unpaired) electrons. The molecule has 2 heterocycles. The van der Waals surface area contributed by atoms with Crippen molar-refractivity contribution in [3.05, 3.63) is 23.7 Å². The Bertz CT molecular complexity index is 564. The first-order chi connectivity index (χ1) is 9.04. The number of furan rings is 1. The highest BCUT2D eigenvalue weighted by atomic mass is 32.2. The Labute approximate surface area is 112 Å². The molecule has 2 rings (SSSR count). The third-order valence-corrected chi connectivity index (χ3v) is 3.30. The second kappa shape index (κ2) is 5.70. The summed E-state index contributed by atoms with van der Waals surface area (Å²) in [5.41, 5.74) is 0. The number of aliphatic carboxylic acids is 1. The summed E-state index contributed by atoms with van der Waals surface area (Å²) in [5, 5.41) is 18.3. The van der Waals surface area contributed by atoms with Gasteiger partial charge in [0.1, 0.15) is 16.8 Å². The summed E-state index contributed by atoms with van der Waals surface area (Å²) >= 11 is 1.05. The number of amidine groups is 1. The molecule has 0 aliphatic carbocycles. The number of nitrogens with one attached hydrogen (secondary N) is 1. The van der Waals surface area contributed by atoms with E-state index in [0.717, 1.165) is 17.5 Å². The quantitative estimate of drug-likeness (QED) is 0.632. The summed E-state index contributed by atoms with van der Waals surface area (Å²) in [6.45, 7) is 1.81. The van der Waals surface area contributed by atoms with Crippen molar-refractivity contribution in [2.24, 2.45) is 10.2 Å². The Kier molecular flexibility index (Phi) is 4.00. The molecule has 100 valence electrons. The molecule has 0 aromatic carbocycles. The number of hydrogen-bond donors (Lipinski definition) is 2. The lowest BCUT2D eigenvalue weighted by Crippen LogP contribution is -2.26. The van der Waals surface area contributed by atoms with Crippen molar-refractivity contribution in [3.8, 4) is 0 Å². The minimum Gasteiger partial charge on any atom is -0.481 e. The minimum atomic E-state index is -1.02. The van der Waals surface area contributed by atoms with Gasteiger partial charge >= 0.3 is 5.97 Å². The van der Waals surface area contributed by atoms with Gasteiger partial charge in [-0.15, -0.1) is 5.10 Å². The van der Waals surface area contributed by atoms with Crippen molar-refractivity contribution in [3.63, 3.8) is 0 Å². The van der Waals surface area contributed by atoms with Gasteiger partial charge in [-0.2, -0.15) is 5.10 Å². The molecule has 1 atom stereocenters. The van der Waals surface area contributed by atoms with Crippen LogP contribution in [-0.2, 0) is 9.59 Å². The SMILES string of the molecule is Cc1ccc(/C=N\N=C2\NC(=O)[C@@H](CC(=O)O)S2)o1. The van der Waals surface area contributed by atoms with Crippen LogP contribution in [0.3, 0.4) is 0 Å². The van der Waals surface area contributed by atoms with E-state index >= 15 is 0 Å². The van der Waals surface area contributed by atoms with Crippen molar-refractivity contribution >= 4 is 35.0 Å². The molecule has 1 aromatic rings. The summed E-state index contributed by atoms with van der Waals surface area (Å²) in [7, 11) is 0. The maximum atomic E-state index is 11.4. The number of thioether (sulfide) groups is 1. The van der Waals surface area contributed by atoms with E-state index in [1.807, 2.05) is 6.92 Å². The Morgan fingerprint density at radius 3 is 3.05 bits per heavy atom. The van der Waals surface area contributed by atoms with Crippen LogP contribution in [-0.4, -0.2) is 33.6 Å². The molecule has 7 nitrogen and oxygen atoms in total. The molecular weight excluding hydrogens is 270 g/mol. The van der Waals surface area contributed by atoms with E-state index in [2.05, 4.69) is 15.5 Å². The predicted octanol–water partition coefficient (Wildman–Crippen LogP) is 0.984. The molecule has 2 N–H and O–H groups in total. The minimum absolute atomic E-state index is 0.239. The molecule has 1 amide bonds. The predicted molar refractivity (Wildman–Crippen MR) is 70.2 cm³/mol. The van der Waals surface area contributed by atoms with Gasteiger partial charge in [-0.25, -0.2) is 0 Å². The highest BCUT2D eigenvalue weighted by Crippen LogP contribution is 2.22. The first-order valence-corrected chi connectivity index (χ1v) is 6.29. The molecule has 19 heavy (non-hydrogen) atoms. The number of carbonyl (C=O) groups is 2. The van der Waals surface area contributed by atoms with Crippen molar-refractivity contribution < 1.29 is 19.1 Å². The number of carboxylic acids is 1. The van der Waals surface area contributed by atoms with Gasteiger partial charge < -0.3 is 14.8 Å². The Hall–Kier alpha value is -2.09. The molecule has 1 saturated heterocycles. The zero-order valence-electron chi connectivity index (χ0n) is 9.99. The lowest BCUT2D eigenvalue weighted by molar-refractivity contribution is -0.138. The standard InChI is InChI=1S/C11H11N3O4S/c1-6-2-3-7(18-6)5-12-14-11-13-10(17)8(19-11)4-9(15)16/h2-3,5,8H,4H2,1H3,(H,15,16)(H,13,14,17)/b12-5-/t8-/m1/s1. The Morgan fingerprint density at radius 2 is 2.42 bits per heavy atom. The van der Waals surface area contributed by atoms with Gasteiger partial charge in [0.15, 0.2) is 5.17 Å². The van der Waals surface area contributed by atoms with Gasteiger partial charge in [-0.1, -0.05) is 11.8 Å². The van der Waals surface area contributed by atoms with Crippen LogP contribution >= 0.6 is 11.8 Å². The molecule has 1 aliphatic rings. The zero-order valence-corrected chi connectivity index (χ0v) is 10.8. The zero-order chi connectivity index (χ0) is 13.8. The van der Waals surface area contributed by atoms with Crippen molar-refractivity contribution in [1.29, 1.82) is 0 Å². The molecule has 0 unspecified atom stereocenters. The average molecular weight is 281 g/mol. The van der Waals surface area contributed by atoms with Gasteiger partial charge in [0.25, 0.3) is 0 Å². The number of rotatable bonds is 4. The fraction of sp³-hybridized carbons (Fsp3) is 0.273. The number of aryl methyl sites for hydroxylation is 1. The molecule has 0 bridgehead atoms. The van der Waals surface area contributed by atoms with Crippen LogP contribution in [0.4, 0.5) is 0 Å². The van der Waals surface area contributed by atoms with E-state index in [1.54, 1.807) is 12.1 Å². The van der Waals surface area contributed by atoms with E-state index < -0.39 is 11.2 Å². The third-order valence-electron chi connectivity index (χ3n) is 2.23. The molecule has 1 fully saturated rings. The Balaban J connectivity index is 1.96. The maximum Gasteiger partial charge on any atom is 0.305 e. The molecule has 0 saturated carbocycles. The largest absolute Gasteiger partial charge is 0.481 e. The van der Waals surface area contributed by atoms with Gasteiger partial charge in [-0.3, -0.25) is 9.59 Å². The van der Waals surface area contributed by atoms with Gasteiger partial charge in [0.2, 0.25) is 5.91 Å². The number of hydrogen-bond acceptors (Lipinski definition) is 6. The van der Waals surface area contributed by atoms with Crippen molar-refractivity contribution in [2.45, 2.75) is 18.6 Å². The average Bonchev–Trinajstić information content (AvgIpc) is 2.86. The van der Waals surface area contributed by atoms with Crippen LogP contribution in [0.15, 0.2) is 26.8 Å². The van der Waals surface area contributed by atoms with E-state index in [9.17, 15) is 9.59 Å². The van der Waals surface area contributed by atoms with Crippen molar-refractivity contribution in [2.75, 3.05) is 0 Å². The van der Waals surface area contributed by atoms with Crippen LogP contribution < -0.4 is 5.32 Å². The highest BCUT2D eigenvalue weighted by molar-refractivity contribution is 8.15. The summed E-state index contributed by atoms with van der Waals surface area (Å²) in [5.74, 6) is -0.0731. The Morgan fingerprint density at radius 1 is 1.63 bits per heavy atom. The number of nitrogens with zero attached hydrogens (tertiary/aromatic N) is 2. The lowest BCUT2D eigenvalue weighted by Gasteiger charge is -1.97. The molecule has 0 spiro atoms. The first-order valence-electron chi connectivity index (χ1n) is 5.41.